The lowest BCUT2D eigenvalue weighted by Gasteiger charge is -2.13. The molecule has 0 bridgehead atoms. The molecule has 1 aromatic heterocycles. The fourth-order valence-corrected chi connectivity index (χ4v) is 5.45. The van der Waals surface area contributed by atoms with E-state index in [-0.39, 0.29) is 4.90 Å². The molecule has 0 saturated heterocycles. The Morgan fingerprint density at radius 2 is 2.04 bits per heavy atom. The predicted octanol–water partition coefficient (Wildman–Crippen LogP) is 3.78. The number of benzene rings is 1. The van der Waals surface area contributed by atoms with Gasteiger partial charge in [-0.2, -0.15) is 0 Å². The number of halogens is 1. The molecule has 136 valence electrons. The fourth-order valence-electron chi connectivity index (χ4n) is 3.18. The zero-order valence-electron chi connectivity index (χ0n) is 14.2. The summed E-state index contributed by atoms with van der Waals surface area (Å²) >= 11 is 3.34. The molecule has 1 N–H and O–H groups in total. The van der Waals surface area contributed by atoms with E-state index in [4.69, 9.17) is 4.74 Å². The summed E-state index contributed by atoms with van der Waals surface area (Å²) in [5.74, 6) is 1.19. The molecule has 1 fully saturated rings. The van der Waals surface area contributed by atoms with Gasteiger partial charge in [-0.3, -0.25) is 0 Å². The van der Waals surface area contributed by atoms with Gasteiger partial charge in [-0.25, -0.2) is 12.4 Å². The van der Waals surface area contributed by atoms with Gasteiger partial charge < -0.3 is 10.1 Å². The predicted molar refractivity (Wildman–Crippen MR) is 101 cm³/mol. The molecule has 0 radical (unpaired) electrons. The van der Waals surface area contributed by atoms with Gasteiger partial charge in [0.2, 0.25) is 0 Å². The van der Waals surface area contributed by atoms with Gasteiger partial charge in [0, 0.05) is 18.8 Å². The quantitative estimate of drug-likeness (QED) is 0.731. The lowest BCUT2D eigenvalue weighted by Crippen LogP contribution is -2.13. The van der Waals surface area contributed by atoms with Crippen molar-refractivity contribution in [2.45, 2.75) is 37.1 Å². The van der Waals surface area contributed by atoms with Crippen LogP contribution in [0.3, 0.4) is 0 Å². The minimum atomic E-state index is -3.66. The summed E-state index contributed by atoms with van der Waals surface area (Å²) in [6.45, 7) is 1.26. The maximum atomic E-state index is 12.9. The zero-order valence-corrected chi connectivity index (χ0v) is 16.6. The van der Waals surface area contributed by atoms with Crippen molar-refractivity contribution in [1.29, 1.82) is 0 Å². The largest absolute Gasteiger partial charge is 0.493 e. The third-order valence-electron chi connectivity index (χ3n) is 4.50. The second-order valence-electron chi connectivity index (χ2n) is 6.44. The number of ether oxygens (including phenoxy) is 1. The minimum absolute atomic E-state index is 0.226. The van der Waals surface area contributed by atoms with Crippen LogP contribution < -0.4 is 10.1 Å². The highest BCUT2D eigenvalue weighted by Gasteiger charge is 2.21. The van der Waals surface area contributed by atoms with Crippen LogP contribution in [0.25, 0.3) is 0 Å². The Balaban J connectivity index is 1.81. The Labute approximate surface area is 157 Å². The van der Waals surface area contributed by atoms with Crippen LogP contribution in [-0.2, 0) is 16.6 Å². The number of nitrogens with one attached hydrogen (secondary N) is 1. The van der Waals surface area contributed by atoms with Crippen LogP contribution in [0, 0.1) is 5.92 Å². The molecule has 1 aliphatic rings. The van der Waals surface area contributed by atoms with E-state index in [0.29, 0.717) is 29.4 Å². The van der Waals surface area contributed by atoms with Crippen molar-refractivity contribution >= 4 is 26.0 Å². The molecule has 7 heteroatoms. The molecule has 1 heterocycles. The summed E-state index contributed by atoms with van der Waals surface area (Å²) in [7, 11) is -1.84. The topological polar surface area (TPSA) is 60.3 Å². The molecule has 1 saturated carbocycles. The van der Waals surface area contributed by atoms with Crippen LogP contribution in [0.1, 0.15) is 31.2 Å². The molecule has 0 unspecified atom stereocenters. The molecule has 1 aromatic carbocycles. The van der Waals surface area contributed by atoms with Gasteiger partial charge in [-0.15, -0.1) is 0 Å². The molecule has 25 heavy (non-hydrogen) atoms. The van der Waals surface area contributed by atoms with Crippen molar-refractivity contribution < 1.29 is 13.2 Å². The first kappa shape index (κ1) is 18.5. The van der Waals surface area contributed by atoms with E-state index in [1.807, 2.05) is 13.1 Å². The maximum Gasteiger partial charge on any atom is 0.268 e. The van der Waals surface area contributed by atoms with Crippen molar-refractivity contribution in [2.24, 2.45) is 5.92 Å². The maximum absolute atomic E-state index is 12.9. The third kappa shape index (κ3) is 4.27. The Bertz CT molecular complexity index is 827. The van der Waals surface area contributed by atoms with Gasteiger partial charge >= 0.3 is 0 Å². The minimum Gasteiger partial charge on any atom is -0.493 e. The van der Waals surface area contributed by atoms with Crippen LogP contribution in [-0.4, -0.2) is 26.0 Å². The first-order valence-electron chi connectivity index (χ1n) is 8.50. The first-order chi connectivity index (χ1) is 12.0. The molecule has 2 aromatic rings. The van der Waals surface area contributed by atoms with Crippen molar-refractivity contribution in [2.75, 3.05) is 13.7 Å². The smallest absolute Gasteiger partial charge is 0.268 e. The average Bonchev–Trinajstić information content (AvgIpc) is 3.23. The molecule has 0 amide bonds. The van der Waals surface area contributed by atoms with Crippen molar-refractivity contribution in [1.82, 2.24) is 9.29 Å². The lowest BCUT2D eigenvalue weighted by atomic mass is 10.1. The molecule has 1 aliphatic carbocycles. The molecule has 5 nitrogen and oxygen atoms in total. The van der Waals surface area contributed by atoms with E-state index < -0.39 is 10.0 Å². The standard InChI is InChI=1S/C18H23BrN2O3S/c1-20-11-15-9-18(19)21(12-15)25(22,23)17-8-4-7-16(10-17)24-13-14-5-2-3-6-14/h4,7-10,12,14,20H,2-3,5-6,11,13H2,1H3. The summed E-state index contributed by atoms with van der Waals surface area (Å²) < 4.78 is 33.5. The highest BCUT2D eigenvalue weighted by Crippen LogP contribution is 2.28. The Morgan fingerprint density at radius 1 is 1.28 bits per heavy atom. The zero-order chi connectivity index (χ0) is 17.9. The molecular formula is C18H23BrN2O3S. The summed E-state index contributed by atoms with van der Waals surface area (Å²) in [6.07, 6.45) is 6.55. The van der Waals surface area contributed by atoms with Crippen molar-refractivity contribution in [3.8, 4) is 5.75 Å². The summed E-state index contributed by atoms with van der Waals surface area (Å²) in [6, 6.07) is 8.54. The number of hydrogen-bond acceptors (Lipinski definition) is 4. The lowest BCUT2D eigenvalue weighted by molar-refractivity contribution is 0.251. The molecule has 0 aliphatic heterocycles. The summed E-state index contributed by atoms with van der Waals surface area (Å²) in [5, 5.41) is 3.02. The number of rotatable bonds is 7. The Hall–Kier alpha value is -1.31. The van der Waals surface area contributed by atoms with Gasteiger partial charge in [0.25, 0.3) is 10.0 Å². The highest BCUT2D eigenvalue weighted by molar-refractivity contribution is 9.10. The second kappa shape index (κ2) is 7.93. The van der Waals surface area contributed by atoms with E-state index in [2.05, 4.69) is 21.2 Å². The fraction of sp³-hybridized carbons (Fsp3) is 0.444. The average molecular weight is 427 g/mol. The second-order valence-corrected chi connectivity index (χ2v) is 9.07. The van der Waals surface area contributed by atoms with Gasteiger partial charge in [0.05, 0.1) is 11.5 Å². The normalized spacial score (nSPS) is 15.6. The summed E-state index contributed by atoms with van der Waals surface area (Å²) in [5.41, 5.74) is 0.895. The van der Waals surface area contributed by atoms with Crippen LogP contribution in [0.15, 0.2) is 46.0 Å². The van der Waals surface area contributed by atoms with Crippen LogP contribution >= 0.6 is 15.9 Å². The molecule has 0 spiro atoms. The number of aromatic nitrogens is 1. The van der Waals surface area contributed by atoms with Crippen molar-refractivity contribution in [3.05, 3.63) is 46.7 Å². The van der Waals surface area contributed by atoms with E-state index in [1.165, 1.54) is 29.7 Å². The third-order valence-corrected chi connectivity index (χ3v) is 7.02. The van der Waals surface area contributed by atoms with Crippen molar-refractivity contribution in [3.63, 3.8) is 0 Å². The van der Waals surface area contributed by atoms with E-state index >= 15 is 0 Å². The molecular weight excluding hydrogens is 404 g/mol. The first-order valence-corrected chi connectivity index (χ1v) is 10.7. The Kier molecular flexibility index (Phi) is 5.86. The highest BCUT2D eigenvalue weighted by atomic mass is 79.9. The van der Waals surface area contributed by atoms with Crippen LogP contribution in [0.4, 0.5) is 0 Å². The monoisotopic (exact) mass is 426 g/mol. The van der Waals surface area contributed by atoms with Crippen LogP contribution in [0.2, 0.25) is 0 Å². The SMILES string of the molecule is CNCc1cc(Br)n(S(=O)(=O)c2cccc(OCC3CCCC3)c2)c1. The number of nitrogens with zero attached hydrogens (tertiary/aromatic N) is 1. The van der Waals surface area contributed by atoms with Gasteiger partial charge in [-0.05, 0) is 65.5 Å². The van der Waals surface area contributed by atoms with E-state index in [9.17, 15) is 8.42 Å². The number of hydrogen-bond donors (Lipinski definition) is 1. The van der Waals surface area contributed by atoms with Gasteiger partial charge in [-0.1, -0.05) is 18.9 Å². The molecule has 0 atom stereocenters. The van der Waals surface area contributed by atoms with E-state index in [0.717, 1.165) is 5.56 Å². The van der Waals surface area contributed by atoms with Gasteiger partial charge in [0.15, 0.2) is 0 Å². The van der Waals surface area contributed by atoms with Gasteiger partial charge in [0.1, 0.15) is 10.4 Å². The Morgan fingerprint density at radius 3 is 2.76 bits per heavy atom. The molecule has 3 rings (SSSR count). The van der Waals surface area contributed by atoms with Crippen LogP contribution in [0.5, 0.6) is 5.75 Å². The summed E-state index contributed by atoms with van der Waals surface area (Å²) in [4.78, 5) is 0.226. The van der Waals surface area contributed by atoms with E-state index in [1.54, 1.807) is 30.5 Å².